The predicted molar refractivity (Wildman–Crippen MR) is 109 cm³/mol. The molecule has 30 heavy (non-hydrogen) atoms. The summed E-state index contributed by atoms with van der Waals surface area (Å²) in [5.74, 6) is 2.63. The number of benzene rings is 1. The maximum Gasteiger partial charge on any atom is 0.229 e. The molecule has 0 bridgehead atoms. The molecule has 0 unspecified atom stereocenters. The molecule has 0 atom stereocenters. The number of nitrogens with one attached hydrogen (secondary N) is 1. The van der Waals surface area contributed by atoms with E-state index in [2.05, 4.69) is 20.4 Å². The lowest BCUT2D eigenvalue weighted by Crippen LogP contribution is -2.16. The van der Waals surface area contributed by atoms with Crippen LogP contribution < -0.4 is 14.8 Å². The smallest absolute Gasteiger partial charge is 0.229 e. The van der Waals surface area contributed by atoms with E-state index in [0.29, 0.717) is 34.7 Å². The fourth-order valence-corrected chi connectivity index (χ4v) is 2.88. The topological polar surface area (TPSA) is 104 Å². The second-order valence-corrected chi connectivity index (χ2v) is 6.31. The molecule has 1 N–H and O–H groups in total. The fraction of sp³-hybridized carbons (Fsp3) is 0.143. The molecule has 3 aromatic heterocycles. The Kier molecular flexibility index (Phi) is 5.42. The van der Waals surface area contributed by atoms with Crippen molar-refractivity contribution in [3.63, 3.8) is 0 Å². The molecule has 1 amide bonds. The third-order valence-electron chi connectivity index (χ3n) is 4.24. The van der Waals surface area contributed by atoms with Gasteiger partial charge in [0, 0.05) is 24.5 Å². The lowest BCUT2D eigenvalue weighted by molar-refractivity contribution is -0.115. The van der Waals surface area contributed by atoms with Crippen LogP contribution in [0.25, 0.3) is 17.4 Å². The third-order valence-corrected chi connectivity index (χ3v) is 4.24. The van der Waals surface area contributed by atoms with E-state index in [-0.39, 0.29) is 12.3 Å². The summed E-state index contributed by atoms with van der Waals surface area (Å²) >= 11 is 0. The summed E-state index contributed by atoms with van der Waals surface area (Å²) in [6, 6.07) is 12.2. The average molecular weight is 405 g/mol. The molecule has 9 heteroatoms. The second-order valence-electron chi connectivity index (χ2n) is 6.31. The van der Waals surface area contributed by atoms with Crippen molar-refractivity contribution >= 4 is 11.7 Å². The Bertz CT molecular complexity index is 1070. The minimum Gasteiger partial charge on any atom is -0.497 e. The number of furan rings is 1. The number of rotatable bonds is 7. The number of methoxy groups -OCH3 is 2. The monoisotopic (exact) mass is 405 g/mol. The van der Waals surface area contributed by atoms with Crippen LogP contribution >= 0.6 is 0 Å². The molecule has 4 aromatic rings. The lowest BCUT2D eigenvalue weighted by Gasteiger charge is -2.10. The first-order chi connectivity index (χ1) is 14.6. The molecule has 0 radical (unpaired) electrons. The number of aromatic nitrogens is 4. The van der Waals surface area contributed by atoms with Crippen LogP contribution in [0, 0.1) is 0 Å². The molecule has 1 aromatic carbocycles. The second kappa shape index (κ2) is 8.48. The van der Waals surface area contributed by atoms with Crippen LogP contribution in [0.3, 0.4) is 0 Å². The molecule has 0 saturated carbocycles. The molecule has 0 spiro atoms. The number of amides is 1. The maximum absolute atomic E-state index is 12.7. The van der Waals surface area contributed by atoms with Crippen LogP contribution in [-0.2, 0) is 11.2 Å². The Hall–Kier alpha value is -4.14. The molecule has 0 saturated heterocycles. The van der Waals surface area contributed by atoms with Gasteiger partial charge in [0.2, 0.25) is 5.91 Å². The van der Waals surface area contributed by atoms with E-state index in [1.165, 1.54) is 6.26 Å². The van der Waals surface area contributed by atoms with Crippen LogP contribution in [0.1, 0.15) is 5.56 Å². The van der Waals surface area contributed by atoms with Crippen LogP contribution in [0.4, 0.5) is 5.82 Å². The Morgan fingerprint density at radius 1 is 1.10 bits per heavy atom. The van der Waals surface area contributed by atoms with Gasteiger partial charge < -0.3 is 19.2 Å². The van der Waals surface area contributed by atoms with Crippen LogP contribution in [-0.4, -0.2) is 39.9 Å². The molecule has 9 nitrogen and oxygen atoms in total. The summed E-state index contributed by atoms with van der Waals surface area (Å²) in [6.07, 6.45) is 5.05. The van der Waals surface area contributed by atoms with Crippen molar-refractivity contribution in [3.05, 3.63) is 66.7 Å². The predicted octanol–water partition coefficient (Wildman–Crippen LogP) is 3.12. The van der Waals surface area contributed by atoms with Gasteiger partial charge in [-0.05, 0) is 35.9 Å². The highest BCUT2D eigenvalue weighted by Crippen LogP contribution is 2.24. The van der Waals surface area contributed by atoms with Gasteiger partial charge >= 0.3 is 0 Å². The first-order valence-corrected chi connectivity index (χ1v) is 9.09. The number of hydrogen-bond acceptors (Lipinski definition) is 7. The lowest BCUT2D eigenvalue weighted by atomic mass is 10.1. The van der Waals surface area contributed by atoms with Gasteiger partial charge in [-0.25, -0.2) is 14.6 Å². The Labute approximate surface area is 172 Å². The first kappa shape index (κ1) is 19.2. The highest BCUT2D eigenvalue weighted by molar-refractivity contribution is 5.91. The van der Waals surface area contributed by atoms with E-state index >= 15 is 0 Å². The van der Waals surface area contributed by atoms with Crippen molar-refractivity contribution in [2.45, 2.75) is 6.42 Å². The standard InChI is InChI=1S/C21H19N5O4/c1-28-15-9-14(10-16(12-15)29-2)11-20(27)23-18-13-19(26-7-4-6-22-26)25-21(24-18)17-5-3-8-30-17/h3-10,12-13H,11H2,1-2H3,(H,23,24,25,27). The summed E-state index contributed by atoms with van der Waals surface area (Å²) in [7, 11) is 3.12. The van der Waals surface area contributed by atoms with Gasteiger partial charge in [-0.2, -0.15) is 5.10 Å². The molecule has 0 aliphatic rings. The number of hydrogen-bond donors (Lipinski definition) is 1. The van der Waals surface area contributed by atoms with Gasteiger partial charge in [0.1, 0.15) is 17.3 Å². The normalized spacial score (nSPS) is 10.6. The van der Waals surface area contributed by atoms with Gasteiger partial charge in [-0.1, -0.05) is 0 Å². The van der Waals surface area contributed by atoms with Crippen molar-refractivity contribution in [3.8, 4) is 28.9 Å². The van der Waals surface area contributed by atoms with Crippen molar-refractivity contribution in [1.82, 2.24) is 19.7 Å². The largest absolute Gasteiger partial charge is 0.497 e. The molecule has 3 heterocycles. The van der Waals surface area contributed by atoms with Crippen molar-refractivity contribution in [1.29, 1.82) is 0 Å². The van der Waals surface area contributed by atoms with E-state index in [4.69, 9.17) is 13.9 Å². The number of nitrogens with zero attached hydrogens (tertiary/aromatic N) is 4. The van der Waals surface area contributed by atoms with Gasteiger partial charge in [-0.15, -0.1) is 0 Å². The highest BCUT2D eigenvalue weighted by atomic mass is 16.5. The molecule has 0 aliphatic heterocycles. The summed E-state index contributed by atoms with van der Waals surface area (Å²) in [5.41, 5.74) is 0.747. The quantitative estimate of drug-likeness (QED) is 0.504. The molecule has 0 fully saturated rings. The first-order valence-electron chi connectivity index (χ1n) is 9.09. The minimum atomic E-state index is -0.249. The summed E-state index contributed by atoms with van der Waals surface area (Å²) in [5, 5.41) is 7.01. The van der Waals surface area contributed by atoms with Crippen LogP contribution in [0.2, 0.25) is 0 Å². The Balaban J connectivity index is 1.60. The van der Waals surface area contributed by atoms with Gasteiger partial charge in [0.25, 0.3) is 0 Å². The van der Waals surface area contributed by atoms with Crippen LogP contribution in [0.15, 0.2) is 65.5 Å². The number of ether oxygens (including phenoxy) is 2. The van der Waals surface area contributed by atoms with Gasteiger partial charge in [-0.3, -0.25) is 4.79 Å². The summed E-state index contributed by atoms with van der Waals surface area (Å²) in [4.78, 5) is 21.6. The zero-order valence-corrected chi connectivity index (χ0v) is 16.4. The van der Waals surface area contributed by atoms with Crippen molar-refractivity contribution in [2.75, 3.05) is 19.5 Å². The zero-order valence-electron chi connectivity index (χ0n) is 16.4. The highest BCUT2D eigenvalue weighted by Gasteiger charge is 2.14. The molecule has 152 valence electrons. The number of carbonyl (C=O) groups is 1. The van der Waals surface area contributed by atoms with E-state index < -0.39 is 0 Å². The Morgan fingerprint density at radius 2 is 1.90 bits per heavy atom. The van der Waals surface area contributed by atoms with E-state index in [1.54, 1.807) is 73.8 Å². The van der Waals surface area contributed by atoms with Gasteiger partial charge in [0.05, 0.1) is 26.9 Å². The maximum atomic E-state index is 12.7. The summed E-state index contributed by atoms with van der Waals surface area (Å²) < 4.78 is 17.5. The van der Waals surface area contributed by atoms with Gasteiger partial charge in [0.15, 0.2) is 17.4 Å². The zero-order chi connectivity index (χ0) is 20.9. The van der Waals surface area contributed by atoms with E-state index in [1.807, 2.05) is 0 Å². The SMILES string of the molecule is COc1cc(CC(=O)Nc2cc(-n3cccn3)nc(-c3ccco3)n2)cc(OC)c1. The van der Waals surface area contributed by atoms with E-state index in [9.17, 15) is 4.79 Å². The molecular weight excluding hydrogens is 386 g/mol. The third kappa shape index (κ3) is 4.30. The number of carbonyl (C=O) groups excluding carboxylic acids is 1. The molecule has 4 rings (SSSR count). The Morgan fingerprint density at radius 3 is 2.53 bits per heavy atom. The van der Waals surface area contributed by atoms with Crippen molar-refractivity contribution < 1.29 is 18.7 Å². The minimum absolute atomic E-state index is 0.116. The van der Waals surface area contributed by atoms with Crippen LogP contribution in [0.5, 0.6) is 11.5 Å². The average Bonchev–Trinajstić information content (AvgIpc) is 3.47. The van der Waals surface area contributed by atoms with E-state index in [0.717, 1.165) is 5.56 Å². The van der Waals surface area contributed by atoms with Crippen molar-refractivity contribution in [2.24, 2.45) is 0 Å². The molecule has 0 aliphatic carbocycles. The molecular formula is C21H19N5O4. The fourth-order valence-electron chi connectivity index (χ4n) is 2.88. The summed E-state index contributed by atoms with van der Waals surface area (Å²) in [6.45, 7) is 0. The number of anilines is 1.